The Morgan fingerprint density at radius 2 is 0.723 bits per heavy atom. The van der Waals surface area contributed by atoms with Gasteiger partial charge in [0.15, 0.2) is 0 Å². The first-order valence-corrected chi connectivity index (χ1v) is 22.2. The van der Waals surface area contributed by atoms with Crippen molar-refractivity contribution in [2.24, 2.45) is 0 Å². The fourth-order valence-corrected chi connectivity index (χ4v) is 10.0. The van der Waals surface area contributed by atoms with Gasteiger partial charge in [-0.25, -0.2) is 0 Å². The maximum absolute atomic E-state index is 10.6. The van der Waals surface area contributed by atoms with Gasteiger partial charge in [0.2, 0.25) is 0 Å². The molecule has 0 saturated heterocycles. The second-order valence-electron chi connectivity index (χ2n) is 17.9. The molecule has 2 aliphatic heterocycles. The van der Waals surface area contributed by atoms with E-state index in [-0.39, 0.29) is 12.1 Å². The van der Waals surface area contributed by atoms with Gasteiger partial charge in [0.05, 0.1) is 34.6 Å². The Labute approximate surface area is 381 Å². The molecule has 0 saturated carbocycles. The van der Waals surface area contributed by atoms with Crippen LogP contribution in [0.4, 0.5) is 34.1 Å². The molecule has 0 bridgehead atoms. The molecule has 9 aromatic carbocycles. The Balaban J connectivity index is 1.33. The standard InChI is InChI=1S/C60H43BN4/c1-60(2,3)46-36-55-57-56(37-46)65(59-49(44-22-12-6-13-23-44)28-17-29-50(59)45-24-14-7-15-25-45)54-33-31-41(39-63)35-52(54)61(57)51-34-40(38-62)30-32-53(51)64(55)58-47(42-18-8-4-9-19-42)26-16-27-48(58)43-20-10-5-11-21-43/h4-37H,1-3H3. The highest BCUT2D eigenvalue weighted by Gasteiger charge is 2.46. The number of hydrogen-bond acceptors (Lipinski definition) is 4. The molecule has 0 fully saturated rings. The molecule has 0 N–H and O–H groups in total. The summed E-state index contributed by atoms with van der Waals surface area (Å²) < 4.78 is 0. The maximum atomic E-state index is 10.6. The van der Waals surface area contributed by atoms with Crippen LogP contribution in [0.2, 0.25) is 0 Å². The number of hydrogen-bond donors (Lipinski definition) is 0. The predicted molar refractivity (Wildman–Crippen MR) is 270 cm³/mol. The largest absolute Gasteiger partial charge is 0.310 e. The minimum atomic E-state index is -0.304. The van der Waals surface area contributed by atoms with E-state index in [4.69, 9.17) is 0 Å². The summed E-state index contributed by atoms with van der Waals surface area (Å²) in [4.78, 5) is 4.95. The van der Waals surface area contributed by atoms with Crippen LogP contribution in [-0.4, -0.2) is 6.71 Å². The Kier molecular flexibility index (Phi) is 9.57. The molecule has 0 radical (unpaired) electrons. The van der Waals surface area contributed by atoms with Crippen LogP contribution in [0.3, 0.4) is 0 Å². The number of para-hydroxylation sites is 2. The van der Waals surface area contributed by atoms with E-state index in [2.05, 4.69) is 237 Å². The predicted octanol–water partition coefficient (Wildman–Crippen LogP) is 13.5. The van der Waals surface area contributed by atoms with Crippen LogP contribution in [0.5, 0.6) is 0 Å². The normalized spacial score (nSPS) is 12.4. The average Bonchev–Trinajstić information content (AvgIpc) is 3.36. The lowest BCUT2D eigenvalue weighted by atomic mass is 9.33. The summed E-state index contributed by atoms with van der Waals surface area (Å²) in [7, 11) is 0. The lowest BCUT2D eigenvalue weighted by molar-refractivity contribution is 0.590. The second kappa shape index (κ2) is 15.8. The first-order valence-electron chi connectivity index (χ1n) is 22.2. The van der Waals surface area contributed by atoms with Gasteiger partial charge >= 0.3 is 0 Å². The van der Waals surface area contributed by atoms with E-state index in [9.17, 15) is 10.5 Å². The fraction of sp³-hybridized carbons (Fsp3) is 0.0667. The highest BCUT2D eigenvalue weighted by Crippen LogP contribution is 2.53. The van der Waals surface area contributed by atoms with Crippen molar-refractivity contribution >= 4 is 57.2 Å². The third-order valence-electron chi connectivity index (χ3n) is 13.0. The summed E-state index contributed by atoms with van der Waals surface area (Å²) in [6.45, 7) is 6.57. The van der Waals surface area contributed by atoms with Crippen molar-refractivity contribution in [1.29, 1.82) is 10.5 Å². The van der Waals surface area contributed by atoms with Gasteiger partial charge in [0, 0.05) is 45.0 Å². The monoisotopic (exact) mass is 830 g/mol. The van der Waals surface area contributed by atoms with Crippen LogP contribution >= 0.6 is 0 Å². The third-order valence-corrected chi connectivity index (χ3v) is 13.0. The van der Waals surface area contributed by atoms with E-state index in [0.717, 1.165) is 95.0 Å². The van der Waals surface area contributed by atoms with Crippen molar-refractivity contribution < 1.29 is 0 Å². The first-order chi connectivity index (χ1) is 31.8. The molecular weight excluding hydrogens is 787 g/mol. The molecule has 0 aromatic heterocycles. The topological polar surface area (TPSA) is 54.1 Å². The molecule has 65 heavy (non-hydrogen) atoms. The van der Waals surface area contributed by atoms with E-state index in [1.54, 1.807) is 0 Å². The van der Waals surface area contributed by atoms with Gasteiger partial charge in [-0.2, -0.15) is 10.5 Å². The summed E-state index contributed by atoms with van der Waals surface area (Å²) in [6, 6.07) is 78.0. The lowest BCUT2D eigenvalue weighted by Gasteiger charge is -2.46. The zero-order valence-electron chi connectivity index (χ0n) is 36.5. The van der Waals surface area contributed by atoms with Crippen LogP contribution in [-0.2, 0) is 5.41 Å². The molecule has 2 aliphatic rings. The first kappa shape index (κ1) is 39.5. The summed E-state index contributed by atoms with van der Waals surface area (Å²) in [5.41, 5.74) is 20.3. The molecule has 11 rings (SSSR count). The van der Waals surface area contributed by atoms with Gasteiger partial charge in [-0.1, -0.05) is 178 Å². The number of anilines is 6. The number of nitrogens with zero attached hydrogens (tertiary/aromatic N) is 4. The van der Waals surface area contributed by atoms with E-state index in [0.29, 0.717) is 11.1 Å². The number of benzene rings is 9. The molecule has 306 valence electrons. The molecule has 9 aromatic rings. The van der Waals surface area contributed by atoms with E-state index >= 15 is 0 Å². The third kappa shape index (κ3) is 6.60. The molecule has 2 heterocycles. The van der Waals surface area contributed by atoms with Gasteiger partial charge in [0.1, 0.15) is 0 Å². The Bertz CT molecular complexity index is 3050. The maximum Gasteiger partial charge on any atom is 0.252 e. The van der Waals surface area contributed by atoms with Crippen LogP contribution in [0.1, 0.15) is 37.5 Å². The minimum absolute atomic E-state index is 0.253. The zero-order valence-corrected chi connectivity index (χ0v) is 36.5. The number of nitriles is 2. The van der Waals surface area contributed by atoms with Gasteiger partial charge in [-0.05, 0) is 98.2 Å². The Morgan fingerprint density at radius 3 is 1.03 bits per heavy atom. The molecular formula is C60H43BN4. The van der Waals surface area contributed by atoms with Crippen LogP contribution in [0.25, 0.3) is 44.5 Å². The van der Waals surface area contributed by atoms with E-state index < -0.39 is 0 Å². The van der Waals surface area contributed by atoms with Crippen molar-refractivity contribution in [2.45, 2.75) is 26.2 Å². The highest BCUT2D eigenvalue weighted by molar-refractivity contribution is 7.00. The van der Waals surface area contributed by atoms with Crippen molar-refractivity contribution in [3.8, 4) is 56.6 Å². The zero-order chi connectivity index (χ0) is 44.2. The Hall–Kier alpha value is -8.38. The summed E-state index contributed by atoms with van der Waals surface area (Å²) in [6.07, 6.45) is 0. The second-order valence-corrected chi connectivity index (χ2v) is 17.9. The van der Waals surface area contributed by atoms with Crippen LogP contribution in [0, 0.1) is 22.7 Å². The summed E-state index contributed by atoms with van der Waals surface area (Å²) in [5.74, 6) is 0. The molecule has 0 amide bonds. The average molecular weight is 831 g/mol. The molecule has 5 heteroatoms. The molecule has 4 nitrogen and oxygen atoms in total. The Morgan fingerprint density at radius 1 is 0.385 bits per heavy atom. The van der Waals surface area contributed by atoms with Crippen molar-refractivity contribution in [1.82, 2.24) is 0 Å². The van der Waals surface area contributed by atoms with Gasteiger partial charge < -0.3 is 9.80 Å². The van der Waals surface area contributed by atoms with Crippen molar-refractivity contribution in [3.63, 3.8) is 0 Å². The molecule has 0 unspecified atom stereocenters. The van der Waals surface area contributed by atoms with Crippen LogP contribution < -0.4 is 26.2 Å². The number of rotatable bonds is 6. The summed E-state index contributed by atoms with van der Waals surface area (Å²) >= 11 is 0. The SMILES string of the molecule is CC(C)(C)c1cc2c3c(c1)N(c1c(-c4ccccc4)cccc1-c1ccccc1)c1ccc(C#N)cc1B3c1cc(C#N)ccc1N2c1c(-c2ccccc2)cccc1-c1ccccc1. The van der Waals surface area contributed by atoms with E-state index in [1.165, 1.54) is 5.56 Å². The van der Waals surface area contributed by atoms with Gasteiger partial charge in [-0.3, -0.25) is 0 Å². The number of fused-ring (bicyclic) bond motifs is 4. The minimum Gasteiger partial charge on any atom is -0.310 e. The van der Waals surface area contributed by atoms with Crippen molar-refractivity contribution in [3.05, 3.63) is 223 Å². The van der Waals surface area contributed by atoms with Gasteiger partial charge in [-0.15, -0.1) is 0 Å². The lowest BCUT2D eigenvalue weighted by Crippen LogP contribution is -2.61. The van der Waals surface area contributed by atoms with Crippen molar-refractivity contribution in [2.75, 3.05) is 9.80 Å². The molecule has 0 spiro atoms. The highest BCUT2D eigenvalue weighted by atomic mass is 15.2. The summed E-state index contributed by atoms with van der Waals surface area (Å²) in [5, 5.41) is 21.2. The molecule has 0 aliphatic carbocycles. The van der Waals surface area contributed by atoms with Gasteiger partial charge in [0.25, 0.3) is 6.71 Å². The fourth-order valence-electron chi connectivity index (χ4n) is 10.0. The molecule has 0 atom stereocenters. The smallest absolute Gasteiger partial charge is 0.252 e. The van der Waals surface area contributed by atoms with E-state index in [1.807, 2.05) is 12.1 Å². The quantitative estimate of drug-likeness (QED) is 0.157. The van der Waals surface area contributed by atoms with Crippen LogP contribution in [0.15, 0.2) is 206 Å².